The van der Waals surface area contributed by atoms with Crippen LogP contribution in [-0.4, -0.2) is 38.9 Å². The zero-order chi connectivity index (χ0) is 19.0. The second kappa shape index (κ2) is 6.83. The van der Waals surface area contributed by atoms with Crippen molar-refractivity contribution in [2.24, 2.45) is 0 Å². The van der Waals surface area contributed by atoms with Crippen LogP contribution in [0, 0.1) is 6.92 Å². The Bertz CT molecular complexity index is 897. The first-order chi connectivity index (χ1) is 12.5. The van der Waals surface area contributed by atoms with Crippen molar-refractivity contribution in [3.8, 4) is 11.5 Å². The van der Waals surface area contributed by atoms with Crippen molar-refractivity contribution in [2.75, 3.05) is 32.2 Å². The summed E-state index contributed by atoms with van der Waals surface area (Å²) in [6, 6.07) is 6.91. The van der Waals surface area contributed by atoms with Crippen LogP contribution in [0.2, 0.25) is 0 Å². The first-order valence-corrected chi connectivity index (χ1v) is 8.72. The van der Waals surface area contributed by atoms with Crippen LogP contribution in [0.4, 0.5) is 5.69 Å². The molecule has 1 aliphatic carbocycles. The molecule has 0 amide bonds. The molecule has 3 rings (SSSR count). The highest BCUT2D eigenvalue weighted by Crippen LogP contribution is 2.42. The molecule has 2 aromatic rings. The standard InChI is InChI=1S/C21H23NO4/c1-6-22(7-2)15-11-14-18(21(26-5)12(15)3)20(24)17-13(19(14)23)9-8-10-16(17)25-4/h8-11H,6-7H2,1-5H3. The van der Waals surface area contributed by atoms with Gasteiger partial charge in [-0.2, -0.15) is 0 Å². The van der Waals surface area contributed by atoms with Crippen LogP contribution >= 0.6 is 0 Å². The third-order valence-corrected chi connectivity index (χ3v) is 5.00. The molecule has 0 bridgehead atoms. The number of ether oxygens (including phenoxy) is 2. The monoisotopic (exact) mass is 353 g/mol. The summed E-state index contributed by atoms with van der Waals surface area (Å²) in [7, 11) is 3.03. The first-order valence-electron chi connectivity index (χ1n) is 8.72. The number of hydrogen-bond acceptors (Lipinski definition) is 5. The number of benzene rings is 2. The lowest BCUT2D eigenvalue weighted by Gasteiger charge is -2.28. The van der Waals surface area contributed by atoms with Crippen LogP contribution in [0.5, 0.6) is 11.5 Å². The molecular formula is C21H23NO4. The van der Waals surface area contributed by atoms with E-state index in [4.69, 9.17) is 9.47 Å². The Morgan fingerprint density at radius 2 is 1.62 bits per heavy atom. The first kappa shape index (κ1) is 18.0. The van der Waals surface area contributed by atoms with Crippen LogP contribution in [0.25, 0.3) is 0 Å². The van der Waals surface area contributed by atoms with E-state index >= 15 is 0 Å². The molecule has 0 N–H and O–H groups in total. The van der Waals surface area contributed by atoms with Gasteiger partial charge in [-0.15, -0.1) is 0 Å². The highest BCUT2D eigenvalue weighted by molar-refractivity contribution is 6.30. The maximum absolute atomic E-state index is 13.3. The van der Waals surface area contributed by atoms with Gasteiger partial charge in [0.15, 0.2) is 5.78 Å². The highest BCUT2D eigenvalue weighted by atomic mass is 16.5. The Labute approximate surface area is 153 Å². The minimum absolute atomic E-state index is 0.180. The van der Waals surface area contributed by atoms with E-state index in [1.165, 1.54) is 14.2 Å². The average Bonchev–Trinajstić information content (AvgIpc) is 2.66. The number of anilines is 1. The number of carbonyl (C=O) groups is 2. The fourth-order valence-electron chi connectivity index (χ4n) is 3.69. The zero-order valence-electron chi connectivity index (χ0n) is 15.8. The topological polar surface area (TPSA) is 55.8 Å². The quantitative estimate of drug-likeness (QED) is 0.701. The molecule has 0 spiro atoms. The van der Waals surface area contributed by atoms with E-state index in [1.807, 2.05) is 13.0 Å². The highest BCUT2D eigenvalue weighted by Gasteiger charge is 2.36. The van der Waals surface area contributed by atoms with Crippen molar-refractivity contribution in [2.45, 2.75) is 20.8 Å². The van der Waals surface area contributed by atoms with Crippen LogP contribution < -0.4 is 14.4 Å². The molecule has 0 unspecified atom stereocenters. The SMILES string of the molecule is CCN(CC)c1cc2c(c(OC)c1C)C(=O)c1c(OC)cccc1C2=O. The molecule has 0 radical (unpaired) electrons. The van der Waals surface area contributed by atoms with Gasteiger partial charge in [0.2, 0.25) is 5.78 Å². The fraction of sp³-hybridized carbons (Fsp3) is 0.333. The molecule has 0 saturated heterocycles. The zero-order valence-corrected chi connectivity index (χ0v) is 15.8. The molecular weight excluding hydrogens is 330 g/mol. The Balaban J connectivity index is 2.34. The normalized spacial score (nSPS) is 12.5. The number of hydrogen-bond donors (Lipinski definition) is 0. The molecule has 0 aromatic heterocycles. The van der Waals surface area contributed by atoms with Crippen LogP contribution in [-0.2, 0) is 0 Å². The summed E-state index contributed by atoms with van der Waals surface area (Å²) in [5, 5.41) is 0. The van der Waals surface area contributed by atoms with Crippen molar-refractivity contribution in [1.82, 2.24) is 0 Å². The number of fused-ring (bicyclic) bond motifs is 2. The van der Waals surface area contributed by atoms with Crippen molar-refractivity contribution >= 4 is 17.3 Å². The van der Waals surface area contributed by atoms with Crippen LogP contribution in [0.15, 0.2) is 24.3 Å². The van der Waals surface area contributed by atoms with E-state index in [-0.39, 0.29) is 11.6 Å². The van der Waals surface area contributed by atoms with Gasteiger partial charge in [0.1, 0.15) is 11.5 Å². The van der Waals surface area contributed by atoms with E-state index in [2.05, 4.69) is 18.7 Å². The number of methoxy groups -OCH3 is 2. The Hall–Kier alpha value is -2.82. The molecule has 0 atom stereocenters. The molecule has 0 heterocycles. The van der Waals surface area contributed by atoms with Crippen LogP contribution in [0.3, 0.4) is 0 Å². The van der Waals surface area contributed by atoms with Crippen molar-refractivity contribution < 1.29 is 19.1 Å². The van der Waals surface area contributed by atoms with Crippen molar-refractivity contribution in [3.63, 3.8) is 0 Å². The predicted molar refractivity (Wildman–Crippen MR) is 101 cm³/mol. The van der Waals surface area contributed by atoms with Gasteiger partial charge in [-0.25, -0.2) is 0 Å². The second-order valence-corrected chi connectivity index (χ2v) is 6.19. The van der Waals surface area contributed by atoms with Gasteiger partial charge >= 0.3 is 0 Å². The molecule has 2 aromatic carbocycles. The van der Waals surface area contributed by atoms with E-state index < -0.39 is 0 Å². The molecule has 26 heavy (non-hydrogen) atoms. The molecule has 0 saturated carbocycles. The van der Waals surface area contributed by atoms with E-state index in [0.717, 1.165) is 24.3 Å². The lowest BCUT2D eigenvalue weighted by molar-refractivity contribution is 0.0974. The largest absolute Gasteiger partial charge is 0.496 e. The smallest absolute Gasteiger partial charge is 0.201 e. The maximum Gasteiger partial charge on any atom is 0.201 e. The van der Waals surface area contributed by atoms with Crippen molar-refractivity contribution in [1.29, 1.82) is 0 Å². The van der Waals surface area contributed by atoms with Gasteiger partial charge in [0, 0.05) is 35.5 Å². The summed E-state index contributed by atoms with van der Waals surface area (Å²) in [5.74, 6) is 0.441. The summed E-state index contributed by atoms with van der Waals surface area (Å²) >= 11 is 0. The molecule has 5 nitrogen and oxygen atoms in total. The van der Waals surface area contributed by atoms with Gasteiger partial charge in [-0.05, 0) is 32.9 Å². The van der Waals surface area contributed by atoms with Gasteiger partial charge in [-0.3, -0.25) is 9.59 Å². The third-order valence-electron chi connectivity index (χ3n) is 5.00. The van der Waals surface area contributed by atoms with Crippen molar-refractivity contribution in [3.05, 3.63) is 52.1 Å². The average molecular weight is 353 g/mol. The van der Waals surface area contributed by atoms with Gasteiger partial charge < -0.3 is 14.4 Å². The van der Waals surface area contributed by atoms with E-state index in [1.54, 1.807) is 18.2 Å². The third kappa shape index (κ3) is 2.46. The van der Waals surface area contributed by atoms with Gasteiger partial charge in [0.05, 0.1) is 25.3 Å². The molecule has 0 aliphatic heterocycles. The summed E-state index contributed by atoms with van der Waals surface area (Å²) in [6.07, 6.45) is 0. The number of rotatable bonds is 5. The van der Waals surface area contributed by atoms with E-state index in [0.29, 0.717) is 33.8 Å². The Kier molecular flexibility index (Phi) is 4.72. The molecule has 0 fully saturated rings. The van der Waals surface area contributed by atoms with E-state index in [9.17, 15) is 9.59 Å². The predicted octanol–water partition coefficient (Wildman–Crippen LogP) is 3.63. The number of carbonyl (C=O) groups excluding carboxylic acids is 2. The minimum Gasteiger partial charge on any atom is -0.496 e. The summed E-state index contributed by atoms with van der Waals surface area (Å²) in [4.78, 5) is 28.6. The van der Waals surface area contributed by atoms with Crippen LogP contribution in [0.1, 0.15) is 51.3 Å². The minimum atomic E-state index is -0.238. The fourth-order valence-corrected chi connectivity index (χ4v) is 3.69. The summed E-state index contributed by atoms with van der Waals surface area (Å²) < 4.78 is 10.9. The Morgan fingerprint density at radius 3 is 2.19 bits per heavy atom. The lowest BCUT2D eigenvalue weighted by Crippen LogP contribution is -2.27. The molecule has 136 valence electrons. The molecule has 5 heteroatoms. The number of ketones is 2. The maximum atomic E-state index is 13.3. The summed E-state index contributed by atoms with van der Waals surface area (Å²) in [5.41, 5.74) is 3.16. The Morgan fingerprint density at radius 1 is 0.923 bits per heavy atom. The lowest BCUT2D eigenvalue weighted by atomic mass is 9.81. The summed E-state index contributed by atoms with van der Waals surface area (Å²) in [6.45, 7) is 7.63. The van der Waals surface area contributed by atoms with Gasteiger partial charge in [0.25, 0.3) is 0 Å². The molecule has 1 aliphatic rings. The second-order valence-electron chi connectivity index (χ2n) is 6.19. The van der Waals surface area contributed by atoms with Gasteiger partial charge in [-0.1, -0.05) is 12.1 Å². The number of nitrogens with zero attached hydrogens (tertiary/aromatic N) is 1.